The van der Waals surface area contributed by atoms with Crippen molar-refractivity contribution >= 4 is 17.5 Å². The molecule has 2 aliphatic heterocycles. The lowest BCUT2D eigenvalue weighted by atomic mass is 9.91. The molecule has 0 N–H and O–H groups in total. The summed E-state index contributed by atoms with van der Waals surface area (Å²) < 4.78 is 5.71. The third-order valence-corrected chi connectivity index (χ3v) is 4.48. The molecule has 0 radical (unpaired) electrons. The van der Waals surface area contributed by atoms with E-state index in [0.29, 0.717) is 12.2 Å². The van der Waals surface area contributed by atoms with Crippen molar-refractivity contribution in [2.45, 2.75) is 25.4 Å². The minimum absolute atomic E-state index is 0.268. The molecule has 0 aromatic heterocycles. The summed E-state index contributed by atoms with van der Waals surface area (Å²) in [6.07, 6.45) is 1.52. The number of hydrogen-bond donors (Lipinski definition) is 0. The van der Waals surface area contributed by atoms with Gasteiger partial charge in [0, 0.05) is 31.6 Å². The monoisotopic (exact) mass is 285 g/mol. The van der Waals surface area contributed by atoms with Crippen LogP contribution in [0.15, 0.2) is 24.3 Å². The van der Waals surface area contributed by atoms with Crippen LogP contribution in [0.5, 0.6) is 0 Å². The normalized spacial score (nSPS) is 21.3. The standard InChI is InChI=1S/C16H19N3O2/c1-3-18-10-8-16(9-11-18)12-19(15(20)21-16)14-6-4-13(17-2)5-7-14/h4-7H,3,8-12H2,1H3. The van der Waals surface area contributed by atoms with Gasteiger partial charge in [-0.1, -0.05) is 19.1 Å². The number of amides is 1. The first kappa shape index (κ1) is 13.9. The third kappa shape index (κ3) is 2.59. The Hall–Kier alpha value is -2.06. The number of nitrogens with zero attached hydrogens (tertiary/aromatic N) is 3. The lowest BCUT2D eigenvalue weighted by Gasteiger charge is -2.36. The second-order valence-corrected chi connectivity index (χ2v) is 5.70. The zero-order valence-electron chi connectivity index (χ0n) is 12.2. The van der Waals surface area contributed by atoms with E-state index in [4.69, 9.17) is 11.3 Å². The lowest BCUT2D eigenvalue weighted by Crippen LogP contribution is -2.46. The van der Waals surface area contributed by atoms with Crippen molar-refractivity contribution < 1.29 is 9.53 Å². The van der Waals surface area contributed by atoms with Gasteiger partial charge in [-0.05, 0) is 18.7 Å². The topological polar surface area (TPSA) is 37.1 Å². The van der Waals surface area contributed by atoms with Crippen molar-refractivity contribution in [1.82, 2.24) is 4.90 Å². The van der Waals surface area contributed by atoms with E-state index in [1.807, 2.05) is 12.1 Å². The molecule has 0 atom stereocenters. The predicted molar refractivity (Wildman–Crippen MR) is 80.6 cm³/mol. The molecule has 3 rings (SSSR count). The van der Waals surface area contributed by atoms with Crippen LogP contribution in [0.1, 0.15) is 19.8 Å². The number of carbonyl (C=O) groups is 1. The van der Waals surface area contributed by atoms with Crippen LogP contribution in [0.25, 0.3) is 4.85 Å². The highest BCUT2D eigenvalue weighted by Gasteiger charge is 2.47. The van der Waals surface area contributed by atoms with E-state index >= 15 is 0 Å². The zero-order valence-corrected chi connectivity index (χ0v) is 12.2. The Kier molecular flexibility index (Phi) is 3.56. The molecule has 5 nitrogen and oxygen atoms in total. The highest BCUT2D eigenvalue weighted by molar-refractivity contribution is 5.90. The van der Waals surface area contributed by atoms with E-state index < -0.39 is 0 Å². The summed E-state index contributed by atoms with van der Waals surface area (Å²) in [5.74, 6) is 0. The number of ether oxygens (including phenoxy) is 1. The van der Waals surface area contributed by atoms with E-state index in [-0.39, 0.29) is 11.7 Å². The Balaban J connectivity index is 1.74. The van der Waals surface area contributed by atoms with Crippen molar-refractivity contribution in [3.8, 4) is 0 Å². The van der Waals surface area contributed by atoms with Gasteiger partial charge in [0.15, 0.2) is 5.69 Å². The van der Waals surface area contributed by atoms with Crippen LogP contribution >= 0.6 is 0 Å². The number of rotatable bonds is 2. The number of piperidine rings is 1. The van der Waals surface area contributed by atoms with Gasteiger partial charge in [0.1, 0.15) is 5.60 Å². The quantitative estimate of drug-likeness (QED) is 0.784. The van der Waals surface area contributed by atoms with Crippen LogP contribution in [-0.4, -0.2) is 42.8 Å². The third-order valence-electron chi connectivity index (χ3n) is 4.48. The first-order valence-electron chi connectivity index (χ1n) is 7.36. The van der Waals surface area contributed by atoms with Crippen LogP contribution < -0.4 is 4.90 Å². The van der Waals surface area contributed by atoms with Gasteiger partial charge in [-0.25, -0.2) is 9.64 Å². The highest BCUT2D eigenvalue weighted by Crippen LogP contribution is 2.36. The van der Waals surface area contributed by atoms with Gasteiger partial charge in [0.05, 0.1) is 13.1 Å². The van der Waals surface area contributed by atoms with Crippen molar-refractivity contribution in [1.29, 1.82) is 0 Å². The summed E-state index contributed by atoms with van der Waals surface area (Å²) in [4.78, 5) is 19.6. The SMILES string of the molecule is [C-]#[N+]c1ccc(N2CC3(CCN(CC)CC3)OC2=O)cc1. The molecule has 1 spiro atoms. The number of hydrogen-bond acceptors (Lipinski definition) is 3. The average molecular weight is 285 g/mol. The Morgan fingerprint density at radius 3 is 2.52 bits per heavy atom. The van der Waals surface area contributed by atoms with Crippen LogP contribution in [0, 0.1) is 6.57 Å². The molecule has 5 heteroatoms. The number of likely N-dealkylation sites (tertiary alicyclic amines) is 1. The van der Waals surface area contributed by atoms with Gasteiger partial charge >= 0.3 is 6.09 Å². The molecular formula is C16H19N3O2. The van der Waals surface area contributed by atoms with E-state index in [1.165, 1.54) is 0 Å². The maximum Gasteiger partial charge on any atom is 0.415 e. The maximum absolute atomic E-state index is 12.2. The summed E-state index contributed by atoms with van der Waals surface area (Å²) >= 11 is 0. The van der Waals surface area contributed by atoms with Gasteiger partial charge in [-0.15, -0.1) is 0 Å². The molecule has 0 saturated carbocycles. The van der Waals surface area contributed by atoms with E-state index in [0.717, 1.165) is 38.2 Å². The molecule has 110 valence electrons. The maximum atomic E-state index is 12.2. The Labute approximate surface area is 124 Å². The average Bonchev–Trinajstić information content (AvgIpc) is 2.85. The van der Waals surface area contributed by atoms with E-state index in [1.54, 1.807) is 17.0 Å². The fourth-order valence-electron chi connectivity index (χ4n) is 3.07. The van der Waals surface area contributed by atoms with Crippen molar-refractivity contribution in [3.05, 3.63) is 35.7 Å². The van der Waals surface area contributed by atoms with Crippen LogP contribution in [0.2, 0.25) is 0 Å². The zero-order chi connectivity index (χ0) is 14.9. The molecule has 2 fully saturated rings. The molecular weight excluding hydrogens is 266 g/mol. The number of carbonyl (C=O) groups excluding carboxylic acids is 1. The molecule has 0 unspecified atom stereocenters. The summed E-state index contributed by atoms with van der Waals surface area (Å²) in [7, 11) is 0. The first-order valence-corrected chi connectivity index (χ1v) is 7.36. The molecule has 1 amide bonds. The first-order chi connectivity index (χ1) is 10.2. The van der Waals surface area contributed by atoms with Gasteiger partial charge in [-0.2, -0.15) is 0 Å². The highest BCUT2D eigenvalue weighted by atomic mass is 16.6. The lowest BCUT2D eigenvalue weighted by molar-refractivity contribution is 0.00222. The summed E-state index contributed by atoms with van der Waals surface area (Å²) in [5.41, 5.74) is 1.06. The summed E-state index contributed by atoms with van der Waals surface area (Å²) in [6, 6.07) is 7.10. The van der Waals surface area contributed by atoms with E-state index in [9.17, 15) is 4.79 Å². The van der Waals surface area contributed by atoms with Crippen LogP contribution in [-0.2, 0) is 4.74 Å². The van der Waals surface area contributed by atoms with Gasteiger partial charge in [-0.3, -0.25) is 4.90 Å². The van der Waals surface area contributed by atoms with Crippen molar-refractivity contribution in [3.63, 3.8) is 0 Å². The second-order valence-electron chi connectivity index (χ2n) is 5.70. The van der Waals surface area contributed by atoms with Crippen molar-refractivity contribution in [2.24, 2.45) is 0 Å². The second kappa shape index (κ2) is 5.38. The minimum atomic E-state index is -0.332. The molecule has 1 aromatic carbocycles. The summed E-state index contributed by atoms with van der Waals surface area (Å²) in [6.45, 7) is 12.7. The molecule has 1 aromatic rings. The van der Waals surface area contributed by atoms with Crippen LogP contribution in [0.3, 0.4) is 0 Å². The van der Waals surface area contributed by atoms with Crippen molar-refractivity contribution in [2.75, 3.05) is 31.1 Å². The largest absolute Gasteiger partial charge is 0.441 e. The molecule has 2 heterocycles. The Morgan fingerprint density at radius 2 is 1.95 bits per heavy atom. The smallest absolute Gasteiger partial charge is 0.415 e. The summed E-state index contributed by atoms with van der Waals surface area (Å²) in [5, 5.41) is 0. The number of benzene rings is 1. The van der Waals surface area contributed by atoms with Gasteiger partial charge in [0.2, 0.25) is 0 Å². The molecule has 0 aliphatic carbocycles. The number of anilines is 1. The molecule has 2 aliphatic rings. The Bertz CT molecular complexity index is 568. The van der Waals surface area contributed by atoms with Gasteiger partial charge < -0.3 is 9.64 Å². The van der Waals surface area contributed by atoms with Crippen LogP contribution in [0.4, 0.5) is 16.2 Å². The predicted octanol–water partition coefficient (Wildman–Crippen LogP) is 3.05. The minimum Gasteiger partial charge on any atom is -0.441 e. The Morgan fingerprint density at radius 1 is 1.29 bits per heavy atom. The molecule has 2 saturated heterocycles. The van der Waals surface area contributed by atoms with E-state index in [2.05, 4.69) is 16.7 Å². The fourth-order valence-corrected chi connectivity index (χ4v) is 3.07. The molecule has 21 heavy (non-hydrogen) atoms. The molecule has 0 bridgehead atoms. The van der Waals surface area contributed by atoms with Gasteiger partial charge in [0.25, 0.3) is 0 Å². The fraction of sp³-hybridized carbons (Fsp3) is 0.500.